The Morgan fingerprint density at radius 3 is 2.72 bits per heavy atom. The highest BCUT2D eigenvalue weighted by Gasteiger charge is 2.04. The first-order valence-electron chi connectivity index (χ1n) is 6.48. The van der Waals surface area contributed by atoms with Crippen LogP contribution in [0, 0.1) is 0 Å². The quantitative estimate of drug-likeness (QED) is 0.791. The summed E-state index contributed by atoms with van der Waals surface area (Å²) in [5.41, 5.74) is 2.64. The highest BCUT2D eigenvalue weighted by molar-refractivity contribution is 5.18. The summed E-state index contributed by atoms with van der Waals surface area (Å²) >= 11 is 0. The van der Waals surface area contributed by atoms with E-state index in [9.17, 15) is 0 Å². The van der Waals surface area contributed by atoms with E-state index in [0.29, 0.717) is 5.92 Å². The third-order valence-corrected chi connectivity index (χ3v) is 3.35. The molecule has 0 saturated carbocycles. The van der Waals surface area contributed by atoms with Gasteiger partial charge in [0.05, 0.1) is 12.0 Å². The number of imidazole rings is 1. The van der Waals surface area contributed by atoms with Crippen molar-refractivity contribution < 1.29 is 0 Å². The molecule has 2 rings (SSSR count). The highest BCUT2D eigenvalue weighted by Crippen LogP contribution is 2.17. The minimum Gasteiger partial charge on any atom is -0.337 e. The molecule has 1 heterocycles. The summed E-state index contributed by atoms with van der Waals surface area (Å²) in [6, 6.07) is 10.7. The van der Waals surface area contributed by atoms with Crippen LogP contribution in [0.5, 0.6) is 0 Å². The predicted octanol–water partition coefficient (Wildman–Crippen LogP) is 2.70. The van der Waals surface area contributed by atoms with Crippen LogP contribution in [-0.2, 0) is 13.6 Å². The van der Waals surface area contributed by atoms with Gasteiger partial charge in [0.2, 0.25) is 0 Å². The maximum absolute atomic E-state index is 4.11. The molecule has 0 aliphatic heterocycles. The van der Waals surface area contributed by atoms with Gasteiger partial charge < -0.3 is 9.88 Å². The van der Waals surface area contributed by atoms with Gasteiger partial charge in [0.15, 0.2) is 0 Å². The van der Waals surface area contributed by atoms with Gasteiger partial charge in [-0.05, 0) is 24.4 Å². The fourth-order valence-corrected chi connectivity index (χ4v) is 2.04. The van der Waals surface area contributed by atoms with Crippen molar-refractivity contribution in [2.75, 3.05) is 6.54 Å². The maximum Gasteiger partial charge on any atom is 0.0945 e. The molecule has 0 bridgehead atoms. The lowest BCUT2D eigenvalue weighted by molar-refractivity contribution is 0.582. The van der Waals surface area contributed by atoms with Crippen molar-refractivity contribution in [1.29, 1.82) is 0 Å². The van der Waals surface area contributed by atoms with Gasteiger partial charge in [0.1, 0.15) is 0 Å². The van der Waals surface area contributed by atoms with E-state index >= 15 is 0 Å². The second-order valence-corrected chi connectivity index (χ2v) is 4.77. The Morgan fingerprint density at radius 1 is 1.28 bits per heavy atom. The molecule has 0 aliphatic rings. The molecule has 1 N–H and O–H groups in total. The molecule has 0 aliphatic carbocycles. The van der Waals surface area contributed by atoms with Crippen molar-refractivity contribution in [3.05, 3.63) is 54.1 Å². The molecule has 18 heavy (non-hydrogen) atoms. The van der Waals surface area contributed by atoms with Crippen LogP contribution in [0.15, 0.2) is 42.9 Å². The van der Waals surface area contributed by atoms with Crippen LogP contribution in [0.4, 0.5) is 0 Å². The number of rotatable bonds is 6. The van der Waals surface area contributed by atoms with E-state index in [1.807, 2.05) is 24.1 Å². The largest absolute Gasteiger partial charge is 0.337 e. The molecule has 0 radical (unpaired) electrons. The third kappa shape index (κ3) is 3.44. The highest BCUT2D eigenvalue weighted by atomic mass is 15.0. The van der Waals surface area contributed by atoms with Gasteiger partial charge in [-0.25, -0.2) is 4.98 Å². The van der Waals surface area contributed by atoms with Crippen LogP contribution in [0.1, 0.15) is 30.5 Å². The minimum atomic E-state index is 0.602. The van der Waals surface area contributed by atoms with Crippen molar-refractivity contribution in [3.63, 3.8) is 0 Å². The summed E-state index contributed by atoms with van der Waals surface area (Å²) < 4.78 is 2.05. The first kappa shape index (κ1) is 12.8. The zero-order chi connectivity index (χ0) is 12.8. The molecular formula is C15H21N3. The second kappa shape index (κ2) is 6.36. The van der Waals surface area contributed by atoms with Gasteiger partial charge in [-0.2, -0.15) is 0 Å². The number of hydrogen-bond acceptors (Lipinski definition) is 2. The average Bonchev–Trinajstić information content (AvgIpc) is 2.81. The van der Waals surface area contributed by atoms with Gasteiger partial charge >= 0.3 is 0 Å². The number of nitrogens with zero attached hydrogens (tertiary/aromatic N) is 2. The Bertz CT molecular complexity index is 462. The topological polar surface area (TPSA) is 29.9 Å². The van der Waals surface area contributed by atoms with Crippen molar-refractivity contribution in [3.8, 4) is 0 Å². The SMILES string of the molecule is CC(CCNCc1cncn1C)c1ccccc1. The van der Waals surface area contributed by atoms with Gasteiger partial charge in [-0.1, -0.05) is 37.3 Å². The number of benzene rings is 1. The first-order valence-corrected chi connectivity index (χ1v) is 6.48. The molecule has 1 aromatic carbocycles. The van der Waals surface area contributed by atoms with Crippen LogP contribution in [0.2, 0.25) is 0 Å². The lowest BCUT2D eigenvalue weighted by Crippen LogP contribution is -2.18. The molecule has 2 aromatic rings. The molecule has 0 amide bonds. The fraction of sp³-hybridized carbons (Fsp3) is 0.400. The molecule has 0 saturated heterocycles. The van der Waals surface area contributed by atoms with Gasteiger partial charge in [-0.3, -0.25) is 0 Å². The van der Waals surface area contributed by atoms with E-state index in [4.69, 9.17) is 0 Å². The molecule has 1 atom stereocenters. The number of hydrogen-bond donors (Lipinski definition) is 1. The monoisotopic (exact) mass is 243 g/mol. The Kier molecular flexibility index (Phi) is 4.53. The lowest BCUT2D eigenvalue weighted by atomic mass is 9.98. The summed E-state index contributed by atoms with van der Waals surface area (Å²) in [4.78, 5) is 4.11. The van der Waals surface area contributed by atoms with Crippen molar-refractivity contribution in [1.82, 2.24) is 14.9 Å². The Labute approximate surface area is 109 Å². The standard InChI is InChI=1S/C15H21N3/c1-13(14-6-4-3-5-7-14)8-9-16-10-15-11-17-12-18(15)2/h3-7,11-13,16H,8-10H2,1-2H3. The molecule has 0 fully saturated rings. The molecule has 96 valence electrons. The summed E-state index contributed by atoms with van der Waals surface area (Å²) in [5.74, 6) is 0.602. The summed E-state index contributed by atoms with van der Waals surface area (Å²) in [6.07, 6.45) is 4.90. The summed E-state index contributed by atoms with van der Waals surface area (Å²) in [7, 11) is 2.02. The normalized spacial score (nSPS) is 12.6. The maximum atomic E-state index is 4.11. The molecule has 0 spiro atoms. The fourth-order valence-electron chi connectivity index (χ4n) is 2.04. The van der Waals surface area contributed by atoms with E-state index in [0.717, 1.165) is 19.5 Å². The smallest absolute Gasteiger partial charge is 0.0945 e. The van der Waals surface area contributed by atoms with Gasteiger partial charge in [0, 0.05) is 19.8 Å². The Balaban J connectivity index is 1.71. The van der Waals surface area contributed by atoms with Crippen LogP contribution in [-0.4, -0.2) is 16.1 Å². The van der Waals surface area contributed by atoms with Crippen molar-refractivity contribution in [2.45, 2.75) is 25.8 Å². The van der Waals surface area contributed by atoms with E-state index in [1.165, 1.54) is 11.3 Å². The Morgan fingerprint density at radius 2 is 2.06 bits per heavy atom. The third-order valence-electron chi connectivity index (χ3n) is 3.35. The van der Waals surface area contributed by atoms with E-state index < -0.39 is 0 Å². The molecule has 3 nitrogen and oxygen atoms in total. The van der Waals surface area contributed by atoms with Crippen LogP contribution < -0.4 is 5.32 Å². The van der Waals surface area contributed by atoms with Crippen LogP contribution >= 0.6 is 0 Å². The summed E-state index contributed by atoms with van der Waals surface area (Å²) in [5, 5.41) is 3.47. The van der Waals surface area contributed by atoms with Gasteiger partial charge in [-0.15, -0.1) is 0 Å². The second-order valence-electron chi connectivity index (χ2n) is 4.77. The van der Waals surface area contributed by atoms with E-state index in [-0.39, 0.29) is 0 Å². The Hall–Kier alpha value is -1.61. The van der Waals surface area contributed by atoms with Crippen molar-refractivity contribution in [2.24, 2.45) is 7.05 Å². The van der Waals surface area contributed by atoms with E-state index in [1.54, 1.807) is 0 Å². The molecule has 3 heteroatoms. The molecule has 1 unspecified atom stereocenters. The van der Waals surface area contributed by atoms with Gasteiger partial charge in [0.25, 0.3) is 0 Å². The first-order chi connectivity index (χ1) is 8.77. The van der Waals surface area contributed by atoms with Crippen LogP contribution in [0.3, 0.4) is 0 Å². The van der Waals surface area contributed by atoms with Crippen molar-refractivity contribution >= 4 is 0 Å². The number of aryl methyl sites for hydroxylation is 1. The lowest BCUT2D eigenvalue weighted by Gasteiger charge is -2.12. The van der Waals surface area contributed by atoms with E-state index in [2.05, 4.69) is 47.6 Å². The minimum absolute atomic E-state index is 0.602. The zero-order valence-corrected chi connectivity index (χ0v) is 11.1. The van der Waals surface area contributed by atoms with Crippen LogP contribution in [0.25, 0.3) is 0 Å². The predicted molar refractivity (Wildman–Crippen MR) is 74.4 cm³/mol. The average molecular weight is 243 g/mol. The number of nitrogens with one attached hydrogen (secondary N) is 1. The molecule has 1 aromatic heterocycles. The zero-order valence-electron chi connectivity index (χ0n) is 11.1. The summed E-state index contributed by atoms with van der Waals surface area (Å²) in [6.45, 7) is 4.19. The molecular weight excluding hydrogens is 222 g/mol. The number of aromatic nitrogens is 2.